The zero-order valence-electron chi connectivity index (χ0n) is 13.5. The number of hydrogen-bond acceptors (Lipinski definition) is 6. The minimum absolute atomic E-state index is 0.0626. The van der Waals surface area contributed by atoms with Gasteiger partial charge in [-0.2, -0.15) is 8.78 Å². The molecule has 2 aromatic rings. The number of alkyl halides is 2. The predicted molar refractivity (Wildman–Crippen MR) is 92.2 cm³/mol. The summed E-state index contributed by atoms with van der Waals surface area (Å²) in [5, 5.41) is 12.7. The molecule has 0 radical (unpaired) electrons. The number of rotatable bonds is 5. The third-order valence-corrected chi connectivity index (χ3v) is 4.87. The summed E-state index contributed by atoms with van der Waals surface area (Å²) in [5.41, 5.74) is 0.0232. The molecule has 2 heterocycles. The van der Waals surface area contributed by atoms with Gasteiger partial charge in [-0.05, 0) is 17.5 Å². The Labute approximate surface area is 151 Å². The minimum atomic E-state index is -3.09. The summed E-state index contributed by atoms with van der Waals surface area (Å²) in [6, 6.07) is 7.19. The molecule has 1 aliphatic heterocycles. The number of ether oxygens (including phenoxy) is 1. The summed E-state index contributed by atoms with van der Waals surface area (Å²) < 4.78 is 29.8. The summed E-state index contributed by atoms with van der Waals surface area (Å²) in [4.78, 5) is 26.7. The first-order chi connectivity index (χ1) is 12.5. The van der Waals surface area contributed by atoms with Gasteiger partial charge in [0.2, 0.25) is 0 Å². The smallest absolute Gasteiger partial charge is 0.387 e. The van der Waals surface area contributed by atoms with E-state index in [1.165, 1.54) is 23.5 Å². The van der Waals surface area contributed by atoms with Crippen molar-refractivity contribution in [2.75, 3.05) is 31.1 Å². The molecule has 1 amide bonds. The van der Waals surface area contributed by atoms with E-state index in [9.17, 15) is 23.7 Å². The van der Waals surface area contributed by atoms with Crippen LogP contribution in [0.3, 0.4) is 0 Å². The molecule has 0 bridgehead atoms. The van der Waals surface area contributed by atoms with Crippen molar-refractivity contribution in [2.24, 2.45) is 0 Å². The SMILES string of the molecule is O=C(c1cccs1)N1CCN(c2ccc([N+](=O)[O-])cc2OC(F)F)CC1. The first-order valence-electron chi connectivity index (χ1n) is 7.76. The van der Waals surface area contributed by atoms with Gasteiger partial charge in [-0.3, -0.25) is 14.9 Å². The van der Waals surface area contributed by atoms with Crippen LogP contribution in [-0.2, 0) is 0 Å². The highest BCUT2D eigenvalue weighted by molar-refractivity contribution is 7.12. The maximum Gasteiger partial charge on any atom is 0.387 e. The Kier molecular flexibility index (Phi) is 5.31. The topological polar surface area (TPSA) is 75.9 Å². The molecule has 1 aromatic heterocycles. The highest BCUT2D eigenvalue weighted by Gasteiger charge is 2.26. The van der Waals surface area contributed by atoms with Crippen LogP contribution in [0.1, 0.15) is 9.67 Å². The number of nitro benzene ring substituents is 1. The van der Waals surface area contributed by atoms with E-state index in [4.69, 9.17) is 0 Å². The average Bonchev–Trinajstić information content (AvgIpc) is 3.15. The molecule has 26 heavy (non-hydrogen) atoms. The summed E-state index contributed by atoms with van der Waals surface area (Å²) in [5.74, 6) is -0.306. The van der Waals surface area contributed by atoms with Gasteiger partial charge in [0.25, 0.3) is 11.6 Å². The number of piperazine rings is 1. The quantitative estimate of drug-likeness (QED) is 0.585. The summed E-state index contributed by atoms with van der Waals surface area (Å²) >= 11 is 1.36. The number of carbonyl (C=O) groups excluding carboxylic acids is 1. The number of halogens is 2. The summed E-state index contributed by atoms with van der Waals surface area (Å²) in [7, 11) is 0. The van der Waals surface area contributed by atoms with Crippen LogP contribution in [0.4, 0.5) is 20.2 Å². The fraction of sp³-hybridized carbons (Fsp3) is 0.312. The van der Waals surface area contributed by atoms with Crippen molar-refractivity contribution in [3.63, 3.8) is 0 Å². The molecule has 1 aliphatic rings. The van der Waals surface area contributed by atoms with Gasteiger partial charge >= 0.3 is 6.61 Å². The third-order valence-electron chi connectivity index (χ3n) is 4.01. The Morgan fingerprint density at radius 3 is 2.54 bits per heavy atom. The van der Waals surface area contributed by atoms with Crippen LogP contribution >= 0.6 is 11.3 Å². The monoisotopic (exact) mass is 383 g/mol. The van der Waals surface area contributed by atoms with E-state index >= 15 is 0 Å². The molecule has 7 nitrogen and oxygen atoms in total. The molecule has 1 saturated heterocycles. The van der Waals surface area contributed by atoms with E-state index < -0.39 is 11.5 Å². The molecule has 10 heteroatoms. The summed E-state index contributed by atoms with van der Waals surface area (Å²) in [6.07, 6.45) is 0. The van der Waals surface area contributed by atoms with Crippen LogP contribution in [0, 0.1) is 10.1 Å². The van der Waals surface area contributed by atoms with Gasteiger partial charge in [0, 0.05) is 32.2 Å². The Bertz CT molecular complexity index is 793. The molecular weight excluding hydrogens is 368 g/mol. The van der Waals surface area contributed by atoms with E-state index in [0.717, 1.165) is 6.07 Å². The lowest BCUT2D eigenvalue weighted by atomic mass is 10.2. The number of benzene rings is 1. The first-order valence-corrected chi connectivity index (χ1v) is 8.64. The Morgan fingerprint density at radius 1 is 1.23 bits per heavy atom. The fourth-order valence-electron chi connectivity index (χ4n) is 2.77. The Hall–Kier alpha value is -2.75. The van der Waals surface area contributed by atoms with Crippen molar-refractivity contribution < 1.29 is 23.2 Å². The zero-order valence-corrected chi connectivity index (χ0v) is 14.3. The van der Waals surface area contributed by atoms with Crippen LogP contribution < -0.4 is 9.64 Å². The second-order valence-corrected chi connectivity index (χ2v) is 6.49. The number of hydrogen-bond donors (Lipinski definition) is 0. The molecule has 0 atom stereocenters. The van der Waals surface area contributed by atoms with Gasteiger partial charge in [0.15, 0.2) is 5.75 Å². The fourth-order valence-corrected chi connectivity index (χ4v) is 3.47. The van der Waals surface area contributed by atoms with Crippen molar-refractivity contribution in [3.05, 3.63) is 50.7 Å². The lowest BCUT2D eigenvalue weighted by Crippen LogP contribution is -2.48. The highest BCUT2D eigenvalue weighted by Crippen LogP contribution is 2.34. The summed E-state index contributed by atoms with van der Waals surface area (Å²) in [6.45, 7) is -1.43. The molecule has 0 aliphatic carbocycles. The van der Waals surface area contributed by atoms with Gasteiger partial charge in [0.1, 0.15) is 0 Å². The van der Waals surface area contributed by atoms with Crippen LogP contribution in [0.25, 0.3) is 0 Å². The Balaban J connectivity index is 1.74. The molecule has 1 aromatic carbocycles. The van der Waals surface area contributed by atoms with Gasteiger partial charge in [-0.25, -0.2) is 0 Å². The number of nitrogens with zero attached hydrogens (tertiary/aromatic N) is 3. The van der Waals surface area contributed by atoms with Crippen molar-refractivity contribution >= 4 is 28.6 Å². The molecular formula is C16H15F2N3O4S. The normalized spacial score (nSPS) is 14.6. The van der Waals surface area contributed by atoms with Crippen LogP contribution in [0.5, 0.6) is 5.75 Å². The second-order valence-electron chi connectivity index (χ2n) is 5.54. The van der Waals surface area contributed by atoms with E-state index in [0.29, 0.717) is 36.7 Å². The minimum Gasteiger partial charge on any atom is -0.432 e. The highest BCUT2D eigenvalue weighted by atomic mass is 32.1. The van der Waals surface area contributed by atoms with Crippen LogP contribution in [-0.4, -0.2) is 48.5 Å². The second kappa shape index (κ2) is 7.65. The molecule has 1 fully saturated rings. The predicted octanol–water partition coefficient (Wildman–Crippen LogP) is 3.22. The van der Waals surface area contributed by atoms with Gasteiger partial charge in [0.05, 0.1) is 21.6 Å². The Morgan fingerprint density at radius 2 is 1.96 bits per heavy atom. The average molecular weight is 383 g/mol. The first kappa shape index (κ1) is 18.1. The largest absolute Gasteiger partial charge is 0.432 e. The lowest BCUT2D eigenvalue weighted by molar-refractivity contribution is -0.385. The van der Waals surface area contributed by atoms with Gasteiger partial charge in [-0.1, -0.05) is 6.07 Å². The zero-order chi connectivity index (χ0) is 18.7. The number of amides is 1. The number of thiophene rings is 1. The standard InChI is InChI=1S/C16H15F2N3O4S/c17-16(18)25-13-10-11(21(23)24)3-4-12(13)19-5-7-20(8-6-19)15(22)14-2-1-9-26-14/h1-4,9-10,16H,5-8H2. The molecule has 138 valence electrons. The number of nitro groups is 1. The van der Waals surface area contributed by atoms with E-state index in [1.54, 1.807) is 21.9 Å². The number of carbonyl (C=O) groups is 1. The van der Waals surface area contributed by atoms with Crippen molar-refractivity contribution in [1.29, 1.82) is 0 Å². The van der Waals surface area contributed by atoms with E-state index in [-0.39, 0.29) is 17.3 Å². The maximum atomic E-state index is 12.7. The van der Waals surface area contributed by atoms with E-state index in [1.807, 2.05) is 5.38 Å². The van der Waals surface area contributed by atoms with Gasteiger partial charge < -0.3 is 14.5 Å². The van der Waals surface area contributed by atoms with Crippen molar-refractivity contribution in [2.45, 2.75) is 6.61 Å². The van der Waals surface area contributed by atoms with Crippen LogP contribution in [0.15, 0.2) is 35.7 Å². The maximum absolute atomic E-state index is 12.7. The molecule has 0 unspecified atom stereocenters. The van der Waals surface area contributed by atoms with E-state index in [2.05, 4.69) is 4.74 Å². The van der Waals surface area contributed by atoms with Crippen molar-refractivity contribution in [1.82, 2.24) is 4.90 Å². The lowest BCUT2D eigenvalue weighted by Gasteiger charge is -2.36. The molecule has 0 saturated carbocycles. The number of non-ortho nitro benzene ring substituents is 1. The molecule has 0 N–H and O–H groups in total. The van der Waals surface area contributed by atoms with Gasteiger partial charge in [-0.15, -0.1) is 11.3 Å². The van der Waals surface area contributed by atoms with Crippen molar-refractivity contribution in [3.8, 4) is 5.75 Å². The van der Waals surface area contributed by atoms with Crippen LogP contribution in [0.2, 0.25) is 0 Å². The number of anilines is 1. The molecule has 3 rings (SSSR count). The third kappa shape index (κ3) is 3.90. The molecule has 0 spiro atoms.